The first-order valence-electron chi connectivity index (χ1n) is 7.02. The summed E-state index contributed by atoms with van der Waals surface area (Å²) in [6.45, 7) is 8.42. The maximum atomic E-state index is 13.2. The maximum Gasteiger partial charge on any atom is 0.219 e. The molecule has 1 aliphatic heterocycles. The van der Waals surface area contributed by atoms with Crippen molar-refractivity contribution < 1.29 is 9.18 Å². The summed E-state index contributed by atoms with van der Waals surface area (Å²) in [7, 11) is 0. The topological polar surface area (TPSA) is 47.3 Å². The van der Waals surface area contributed by atoms with E-state index in [4.69, 9.17) is 5.26 Å². The Kier molecular flexibility index (Phi) is 4.29. The first-order valence-corrected chi connectivity index (χ1v) is 7.02. The second-order valence-corrected chi connectivity index (χ2v) is 6.09. The van der Waals surface area contributed by atoms with Gasteiger partial charge in [0.05, 0.1) is 11.6 Å². The molecular weight excluding hydrogens is 269 g/mol. The molecule has 4 nitrogen and oxygen atoms in total. The average Bonchev–Trinajstić information content (AvgIpc) is 2.42. The first-order chi connectivity index (χ1) is 9.83. The predicted molar refractivity (Wildman–Crippen MR) is 77.9 cm³/mol. The van der Waals surface area contributed by atoms with Crippen LogP contribution >= 0.6 is 0 Å². The van der Waals surface area contributed by atoms with Crippen LogP contribution in [0.1, 0.15) is 31.9 Å². The van der Waals surface area contributed by atoms with Gasteiger partial charge in [0.25, 0.3) is 0 Å². The molecule has 1 saturated heterocycles. The number of carbonyl (C=O) groups is 1. The third kappa shape index (κ3) is 3.40. The molecular formula is C16H20FN3O. The van der Waals surface area contributed by atoms with E-state index in [0.717, 1.165) is 12.1 Å². The summed E-state index contributed by atoms with van der Waals surface area (Å²) in [6, 6.07) is 6.37. The highest BCUT2D eigenvalue weighted by molar-refractivity contribution is 5.73. The van der Waals surface area contributed by atoms with E-state index in [1.165, 1.54) is 12.1 Å². The van der Waals surface area contributed by atoms with Crippen LogP contribution < -0.4 is 0 Å². The minimum atomic E-state index is -0.393. The summed E-state index contributed by atoms with van der Waals surface area (Å²) in [4.78, 5) is 15.6. The van der Waals surface area contributed by atoms with Crippen molar-refractivity contribution in [3.63, 3.8) is 0 Å². The van der Waals surface area contributed by atoms with Gasteiger partial charge in [-0.15, -0.1) is 0 Å². The van der Waals surface area contributed by atoms with Crippen LogP contribution in [0.4, 0.5) is 4.39 Å². The normalized spacial score (nSPS) is 18.3. The molecule has 0 saturated carbocycles. The van der Waals surface area contributed by atoms with Gasteiger partial charge in [0, 0.05) is 38.6 Å². The molecule has 0 aromatic heterocycles. The van der Waals surface area contributed by atoms with Gasteiger partial charge in [-0.3, -0.25) is 9.69 Å². The summed E-state index contributed by atoms with van der Waals surface area (Å²) in [5.41, 5.74) is 1.02. The van der Waals surface area contributed by atoms with Gasteiger partial charge in [-0.05, 0) is 31.5 Å². The molecule has 1 fully saturated rings. The number of piperazine rings is 1. The largest absolute Gasteiger partial charge is 0.340 e. The minimum absolute atomic E-state index is 0.0854. The van der Waals surface area contributed by atoms with Crippen molar-refractivity contribution >= 4 is 5.91 Å². The molecule has 1 heterocycles. The van der Waals surface area contributed by atoms with Gasteiger partial charge in [0.1, 0.15) is 5.82 Å². The maximum absolute atomic E-state index is 13.2. The Morgan fingerprint density at radius 1 is 1.43 bits per heavy atom. The monoisotopic (exact) mass is 289 g/mol. The van der Waals surface area contributed by atoms with Crippen LogP contribution in [0.15, 0.2) is 18.2 Å². The molecule has 0 spiro atoms. The van der Waals surface area contributed by atoms with Crippen molar-refractivity contribution in [2.75, 3.05) is 19.6 Å². The SMILES string of the molecule is CC(=O)N1CCN(Cc2ccc(F)cc2C#N)C(C)(C)C1. The fourth-order valence-electron chi connectivity index (χ4n) is 2.75. The zero-order valence-corrected chi connectivity index (χ0v) is 12.7. The van der Waals surface area contributed by atoms with E-state index in [9.17, 15) is 9.18 Å². The van der Waals surface area contributed by atoms with Crippen LogP contribution in [0, 0.1) is 17.1 Å². The van der Waals surface area contributed by atoms with E-state index < -0.39 is 5.82 Å². The standard InChI is InChI=1S/C16H20FN3O/c1-12(21)19-6-7-20(16(2,3)11-19)10-13-4-5-15(17)8-14(13)9-18/h4-5,8H,6-7,10-11H2,1-3H3. The number of benzene rings is 1. The van der Waals surface area contributed by atoms with E-state index in [1.54, 1.807) is 13.0 Å². The predicted octanol–water partition coefficient (Wildman–Crippen LogP) is 2.14. The Bertz CT molecular complexity index is 592. The highest BCUT2D eigenvalue weighted by Gasteiger charge is 2.34. The number of nitriles is 1. The Morgan fingerprint density at radius 3 is 2.71 bits per heavy atom. The van der Waals surface area contributed by atoms with Crippen LogP contribution in [-0.2, 0) is 11.3 Å². The average molecular weight is 289 g/mol. The quantitative estimate of drug-likeness (QED) is 0.838. The summed E-state index contributed by atoms with van der Waals surface area (Å²) in [6.07, 6.45) is 0. The summed E-state index contributed by atoms with van der Waals surface area (Å²) in [5, 5.41) is 9.13. The molecule has 1 aromatic carbocycles. The molecule has 0 atom stereocenters. The second kappa shape index (κ2) is 5.82. The van der Waals surface area contributed by atoms with Crippen molar-refractivity contribution in [2.45, 2.75) is 32.9 Å². The van der Waals surface area contributed by atoms with E-state index >= 15 is 0 Å². The Hall–Kier alpha value is -1.93. The van der Waals surface area contributed by atoms with E-state index in [1.807, 2.05) is 11.0 Å². The van der Waals surface area contributed by atoms with Gasteiger partial charge >= 0.3 is 0 Å². The number of halogens is 1. The number of carbonyl (C=O) groups excluding carboxylic acids is 1. The lowest BCUT2D eigenvalue weighted by atomic mass is 9.96. The van der Waals surface area contributed by atoms with Crippen LogP contribution in [-0.4, -0.2) is 40.9 Å². The van der Waals surface area contributed by atoms with Crippen molar-refractivity contribution in [3.8, 4) is 6.07 Å². The molecule has 2 rings (SSSR count). The molecule has 112 valence electrons. The van der Waals surface area contributed by atoms with Gasteiger partial charge in [0.2, 0.25) is 5.91 Å². The van der Waals surface area contributed by atoms with Crippen LogP contribution in [0.25, 0.3) is 0 Å². The zero-order chi connectivity index (χ0) is 15.6. The molecule has 1 aliphatic rings. The minimum Gasteiger partial charge on any atom is -0.340 e. The molecule has 1 aromatic rings. The van der Waals surface area contributed by atoms with Crippen molar-refractivity contribution in [2.24, 2.45) is 0 Å². The van der Waals surface area contributed by atoms with Gasteiger partial charge in [-0.1, -0.05) is 6.07 Å². The first kappa shape index (κ1) is 15.5. The van der Waals surface area contributed by atoms with Crippen molar-refractivity contribution in [3.05, 3.63) is 35.1 Å². The molecule has 5 heteroatoms. The van der Waals surface area contributed by atoms with E-state index in [-0.39, 0.29) is 11.4 Å². The molecule has 0 unspecified atom stereocenters. The smallest absolute Gasteiger partial charge is 0.219 e. The second-order valence-electron chi connectivity index (χ2n) is 6.09. The lowest BCUT2D eigenvalue weighted by Crippen LogP contribution is -2.59. The Balaban J connectivity index is 2.17. The van der Waals surface area contributed by atoms with Gasteiger partial charge in [-0.25, -0.2) is 4.39 Å². The summed E-state index contributed by atoms with van der Waals surface area (Å²) in [5.74, 6) is -0.307. The zero-order valence-electron chi connectivity index (χ0n) is 12.7. The van der Waals surface area contributed by atoms with Gasteiger partial charge in [-0.2, -0.15) is 5.26 Å². The number of rotatable bonds is 2. The van der Waals surface area contributed by atoms with E-state index in [0.29, 0.717) is 25.2 Å². The summed E-state index contributed by atoms with van der Waals surface area (Å²) >= 11 is 0. The summed E-state index contributed by atoms with van der Waals surface area (Å²) < 4.78 is 13.2. The van der Waals surface area contributed by atoms with Crippen molar-refractivity contribution in [1.82, 2.24) is 9.80 Å². The lowest BCUT2D eigenvalue weighted by Gasteiger charge is -2.47. The van der Waals surface area contributed by atoms with Crippen molar-refractivity contribution in [1.29, 1.82) is 5.26 Å². The fourth-order valence-corrected chi connectivity index (χ4v) is 2.75. The Labute approximate surface area is 124 Å². The molecule has 0 radical (unpaired) electrons. The third-order valence-electron chi connectivity index (χ3n) is 4.07. The lowest BCUT2D eigenvalue weighted by molar-refractivity contribution is -0.134. The fraction of sp³-hybridized carbons (Fsp3) is 0.500. The Morgan fingerprint density at radius 2 is 2.14 bits per heavy atom. The molecule has 21 heavy (non-hydrogen) atoms. The number of hydrogen-bond acceptors (Lipinski definition) is 3. The van der Waals surface area contributed by atoms with E-state index in [2.05, 4.69) is 18.7 Å². The van der Waals surface area contributed by atoms with Crippen LogP contribution in [0.2, 0.25) is 0 Å². The molecule has 1 amide bonds. The van der Waals surface area contributed by atoms with Gasteiger partial charge < -0.3 is 4.90 Å². The number of amides is 1. The molecule has 0 aliphatic carbocycles. The number of nitrogens with zero attached hydrogens (tertiary/aromatic N) is 3. The van der Waals surface area contributed by atoms with Crippen LogP contribution in [0.3, 0.4) is 0 Å². The molecule has 0 bridgehead atoms. The highest BCUT2D eigenvalue weighted by Crippen LogP contribution is 2.24. The molecule has 0 N–H and O–H groups in total. The van der Waals surface area contributed by atoms with Crippen LogP contribution in [0.5, 0.6) is 0 Å². The third-order valence-corrected chi connectivity index (χ3v) is 4.07. The highest BCUT2D eigenvalue weighted by atomic mass is 19.1. The van der Waals surface area contributed by atoms with Gasteiger partial charge in [0.15, 0.2) is 0 Å². The number of hydrogen-bond donors (Lipinski definition) is 0.